The molecule has 0 saturated carbocycles. The van der Waals surface area contributed by atoms with Gasteiger partial charge < -0.3 is 10.2 Å². The first kappa shape index (κ1) is 16.7. The highest BCUT2D eigenvalue weighted by Crippen LogP contribution is 2.28. The van der Waals surface area contributed by atoms with Crippen molar-refractivity contribution in [2.45, 2.75) is 6.42 Å². The highest BCUT2D eigenvalue weighted by molar-refractivity contribution is 9.10. The van der Waals surface area contributed by atoms with Gasteiger partial charge in [-0.1, -0.05) is 34.1 Å². The Morgan fingerprint density at radius 2 is 1.88 bits per heavy atom. The van der Waals surface area contributed by atoms with E-state index in [1.54, 1.807) is 11.1 Å². The number of carbonyl (C=O) groups is 2. The van der Waals surface area contributed by atoms with Crippen LogP contribution in [0.25, 0.3) is 10.9 Å². The summed E-state index contributed by atoms with van der Waals surface area (Å²) in [5.74, 6) is -0.579. The average Bonchev–Trinajstić information content (AvgIpc) is 3.05. The topological polar surface area (TPSA) is 62.3 Å². The van der Waals surface area contributed by atoms with E-state index in [9.17, 15) is 9.59 Å². The molecule has 6 heteroatoms. The molecule has 4 rings (SSSR count). The fraction of sp³-hybridized carbons (Fsp3) is 0.150. The van der Waals surface area contributed by atoms with Gasteiger partial charge in [0.25, 0.3) is 0 Å². The molecule has 0 radical (unpaired) electrons. The van der Waals surface area contributed by atoms with E-state index in [1.165, 1.54) is 0 Å². The van der Waals surface area contributed by atoms with Crippen molar-refractivity contribution in [1.82, 2.24) is 4.98 Å². The number of rotatable bonds is 3. The Kier molecular flexibility index (Phi) is 4.42. The second-order valence-corrected chi connectivity index (χ2v) is 7.17. The minimum atomic E-state index is -0.384. The first-order valence-electron chi connectivity index (χ1n) is 8.32. The highest BCUT2D eigenvalue weighted by Gasteiger charge is 2.35. The molecule has 2 heterocycles. The minimum absolute atomic E-state index is 0.0384. The number of nitrogens with one attached hydrogen (secondary N) is 1. The van der Waals surface area contributed by atoms with E-state index in [0.717, 1.165) is 21.1 Å². The predicted octanol–water partition coefficient (Wildman–Crippen LogP) is 3.99. The summed E-state index contributed by atoms with van der Waals surface area (Å²) in [6, 6.07) is 17.0. The van der Waals surface area contributed by atoms with E-state index >= 15 is 0 Å². The van der Waals surface area contributed by atoms with Gasteiger partial charge in [-0.3, -0.25) is 14.6 Å². The number of anilines is 2. The molecule has 0 aliphatic carbocycles. The number of pyridine rings is 1. The molecule has 1 unspecified atom stereocenters. The molecule has 5 nitrogen and oxygen atoms in total. The summed E-state index contributed by atoms with van der Waals surface area (Å²) in [5, 5.41) is 3.90. The number of nitrogens with zero attached hydrogens (tertiary/aromatic N) is 2. The predicted molar refractivity (Wildman–Crippen MR) is 105 cm³/mol. The van der Waals surface area contributed by atoms with Crippen molar-refractivity contribution in [2.75, 3.05) is 16.8 Å². The summed E-state index contributed by atoms with van der Waals surface area (Å²) in [6.07, 6.45) is 1.91. The van der Waals surface area contributed by atoms with Gasteiger partial charge in [0.2, 0.25) is 11.8 Å². The molecule has 1 aromatic heterocycles. The van der Waals surface area contributed by atoms with Gasteiger partial charge in [-0.05, 0) is 36.4 Å². The van der Waals surface area contributed by atoms with Crippen LogP contribution in [0.15, 0.2) is 65.3 Å². The third-order valence-electron chi connectivity index (χ3n) is 4.52. The SMILES string of the molecule is O=C(Nc1cccc2cccnc12)C1CC(=O)N(c2ccc(Br)cc2)C1. The quantitative estimate of drug-likeness (QED) is 0.711. The number of hydrogen-bond acceptors (Lipinski definition) is 3. The van der Waals surface area contributed by atoms with Crippen LogP contribution in [-0.2, 0) is 9.59 Å². The Bertz CT molecular complexity index is 983. The number of benzene rings is 2. The monoisotopic (exact) mass is 409 g/mol. The standard InChI is InChI=1S/C20H16BrN3O2/c21-15-6-8-16(9-7-15)24-12-14(11-18(24)25)20(26)23-17-5-1-3-13-4-2-10-22-19(13)17/h1-10,14H,11-12H2,(H,23,26). The summed E-state index contributed by atoms with van der Waals surface area (Å²) in [7, 11) is 0. The first-order chi connectivity index (χ1) is 12.6. The Morgan fingerprint density at radius 1 is 1.12 bits per heavy atom. The van der Waals surface area contributed by atoms with E-state index < -0.39 is 0 Å². The van der Waals surface area contributed by atoms with Crippen molar-refractivity contribution in [3.63, 3.8) is 0 Å². The maximum absolute atomic E-state index is 12.7. The lowest BCUT2D eigenvalue weighted by Crippen LogP contribution is -2.28. The maximum Gasteiger partial charge on any atom is 0.229 e. The third kappa shape index (κ3) is 3.20. The Balaban J connectivity index is 1.52. The van der Waals surface area contributed by atoms with Crippen molar-refractivity contribution in [1.29, 1.82) is 0 Å². The number of fused-ring (bicyclic) bond motifs is 1. The second kappa shape index (κ2) is 6.88. The van der Waals surface area contributed by atoms with Gasteiger partial charge in [0, 0.05) is 34.7 Å². The minimum Gasteiger partial charge on any atom is -0.324 e. The summed E-state index contributed by atoms with van der Waals surface area (Å²) in [4.78, 5) is 31.1. The summed E-state index contributed by atoms with van der Waals surface area (Å²) >= 11 is 3.39. The number of aromatic nitrogens is 1. The zero-order valence-electron chi connectivity index (χ0n) is 13.9. The van der Waals surface area contributed by atoms with Crippen molar-refractivity contribution >= 4 is 50.0 Å². The van der Waals surface area contributed by atoms with E-state index in [0.29, 0.717) is 12.2 Å². The van der Waals surface area contributed by atoms with Gasteiger partial charge in [0.05, 0.1) is 17.1 Å². The normalized spacial score (nSPS) is 16.9. The molecule has 1 fully saturated rings. The second-order valence-electron chi connectivity index (χ2n) is 6.25. The molecule has 2 aromatic carbocycles. The fourth-order valence-corrected chi connectivity index (χ4v) is 3.46. The fourth-order valence-electron chi connectivity index (χ4n) is 3.19. The number of amides is 2. The molecular formula is C20H16BrN3O2. The van der Waals surface area contributed by atoms with Crippen LogP contribution in [0.3, 0.4) is 0 Å². The maximum atomic E-state index is 12.7. The molecule has 1 saturated heterocycles. The number of carbonyl (C=O) groups excluding carboxylic acids is 2. The number of hydrogen-bond donors (Lipinski definition) is 1. The van der Waals surface area contributed by atoms with Crippen LogP contribution in [-0.4, -0.2) is 23.3 Å². The Labute approximate surface area is 159 Å². The average molecular weight is 410 g/mol. The van der Waals surface area contributed by atoms with Crippen LogP contribution in [0, 0.1) is 5.92 Å². The Morgan fingerprint density at radius 3 is 2.69 bits per heavy atom. The molecule has 1 aliphatic heterocycles. The van der Waals surface area contributed by atoms with E-state index in [1.807, 2.05) is 54.6 Å². The van der Waals surface area contributed by atoms with Crippen LogP contribution in [0.4, 0.5) is 11.4 Å². The van der Waals surface area contributed by atoms with Crippen molar-refractivity contribution in [3.05, 3.63) is 65.3 Å². The molecule has 2 amide bonds. The summed E-state index contributed by atoms with van der Waals surface area (Å²) in [6.45, 7) is 0.379. The van der Waals surface area contributed by atoms with E-state index in [4.69, 9.17) is 0 Å². The summed E-state index contributed by atoms with van der Waals surface area (Å²) in [5.41, 5.74) is 2.22. The molecule has 1 N–H and O–H groups in total. The smallest absolute Gasteiger partial charge is 0.229 e. The highest BCUT2D eigenvalue weighted by atomic mass is 79.9. The lowest BCUT2D eigenvalue weighted by molar-refractivity contribution is -0.122. The molecule has 3 aromatic rings. The number of para-hydroxylation sites is 1. The van der Waals surface area contributed by atoms with E-state index in [-0.39, 0.29) is 24.2 Å². The largest absolute Gasteiger partial charge is 0.324 e. The van der Waals surface area contributed by atoms with Gasteiger partial charge in [-0.2, -0.15) is 0 Å². The molecule has 0 bridgehead atoms. The van der Waals surface area contributed by atoms with Crippen LogP contribution >= 0.6 is 15.9 Å². The van der Waals surface area contributed by atoms with E-state index in [2.05, 4.69) is 26.2 Å². The third-order valence-corrected chi connectivity index (χ3v) is 5.05. The molecule has 1 atom stereocenters. The van der Waals surface area contributed by atoms with Gasteiger partial charge in [0.15, 0.2) is 0 Å². The lowest BCUT2D eigenvalue weighted by atomic mass is 10.1. The molecule has 130 valence electrons. The van der Waals surface area contributed by atoms with Crippen molar-refractivity contribution in [2.24, 2.45) is 5.92 Å². The van der Waals surface area contributed by atoms with Gasteiger partial charge >= 0.3 is 0 Å². The molecule has 0 spiro atoms. The molecule has 1 aliphatic rings. The van der Waals surface area contributed by atoms with Crippen molar-refractivity contribution < 1.29 is 9.59 Å². The molecule has 26 heavy (non-hydrogen) atoms. The molecular weight excluding hydrogens is 394 g/mol. The van der Waals surface area contributed by atoms with Gasteiger partial charge in [0.1, 0.15) is 0 Å². The van der Waals surface area contributed by atoms with Crippen LogP contribution in [0.2, 0.25) is 0 Å². The first-order valence-corrected chi connectivity index (χ1v) is 9.11. The van der Waals surface area contributed by atoms with Gasteiger partial charge in [-0.15, -0.1) is 0 Å². The Hall–Kier alpha value is -2.73. The summed E-state index contributed by atoms with van der Waals surface area (Å²) < 4.78 is 0.950. The van der Waals surface area contributed by atoms with Crippen LogP contribution in [0.1, 0.15) is 6.42 Å². The van der Waals surface area contributed by atoms with Crippen LogP contribution in [0.5, 0.6) is 0 Å². The zero-order chi connectivity index (χ0) is 18.1. The van der Waals surface area contributed by atoms with Crippen molar-refractivity contribution in [3.8, 4) is 0 Å². The van der Waals surface area contributed by atoms with Crippen LogP contribution < -0.4 is 10.2 Å². The zero-order valence-corrected chi connectivity index (χ0v) is 15.4. The van der Waals surface area contributed by atoms with Gasteiger partial charge in [-0.25, -0.2) is 0 Å². The number of halogens is 1. The lowest BCUT2D eigenvalue weighted by Gasteiger charge is -2.17.